The number of carbonyl (C=O) groups is 1. The number of rotatable bonds is 2. The summed E-state index contributed by atoms with van der Waals surface area (Å²) in [4.78, 5) is 20.6. The summed E-state index contributed by atoms with van der Waals surface area (Å²) in [5.41, 5.74) is 4.39. The van der Waals surface area contributed by atoms with Gasteiger partial charge in [0.15, 0.2) is 0 Å². The van der Waals surface area contributed by atoms with Gasteiger partial charge in [-0.15, -0.1) is 0 Å². The second-order valence-corrected chi connectivity index (χ2v) is 5.47. The van der Waals surface area contributed by atoms with Crippen LogP contribution in [0.4, 0.5) is 0 Å². The number of pyridine rings is 2. The zero-order chi connectivity index (χ0) is 16.5. The standard InChI is InChI=1S/C20H14N2O2/c1-24-20(23)14-8-6-13(7-9-14)17-12-15-4-2-10-21-18(15)19-16(17)5-3-11-22-19/h2-12H,1H3. The molecule has 0 N–H and O–H groups in total. The Labute approximate surface area is 138 Å². The van der Waals surface area contributed by atoms with Crippen LogP contribution >= 0.6 is 0 Å². The predicted octanol–water partition coefficient (Wildman–Crippen LogP) is 4.24. The molecule has 4 aromatic rings. The molecular formula is C20H14N2O2. The van der Waals surface area contributed by atoms with Crippen LogP contribution in [0.15, 0.2) is 67.0 Å². The van der Waals surface area contributed by atoms with Gasteiger partial charge < -0.3 is 4.74 Å². The number of methoxy groups -OCH3 is 1. The van der Waals surface area contributed by atoms with Crippen LogP contribution in [0.25, 0.3) is 32.9 Å². The largest absolute Gasteiger partial charge is 0.465 e. The van der Waals surface area contributed by atoms with E-state index in [1.807, 2.05) is 36.4 Å². The number of fused-ring (bicyclic) bond motifs is 3. The molecule has 2 heterocycles. The lowest BCUT2D eigenvalue weighted by molar-refractivity contribution is 0.0601. The van der Waals surface area contributed by atoms with Crippen molar-refractivity contribution in [1.82, 2.24) is 9.97 Å². The van der Waals surface area contributed by atoms with E-state index in [9.17, 15) is 4.79 Å². The highest BCUT2D eigenvalue weighted by Crippen LogP contribution is 2.32. The molecule has 0 spiro atoms. The van der Waals surface area contributed by atoms with E-state index < -0.39 is 0 Å². The average molecular weight is 314 g/mol. The monoisotopic (exact) mass is 314 g/mol. The highest BCUT2D eigenvalue weighted by molar-refractivity contribution is 6.10. The molecule has 4 heteroatoms. The Kier molecular flexibility index (Phi) is 3.43. The summed E-state index contributed by atoms with van der Waals surface area (Å²) in [5.74, 6) is -0.337. The molecule has 0 bridgehead atoms. The van der Waals surface area contributed by atoms with Gasteiger partial charge in [-0.05, 0) is 41.5 Å². The first-order valence-electron chi connectivity index (χ1n) is 7.59. The third kappa shape index (κ3) is 2.29. The van der Waals surface area contributed by atoms with Crippen LogP contribution in [0.5, 0.6) is 0 Å². The predicted molar refractivity (Wildman–Crippen MR) is 93.8 cm³/mol. The van der Waals surface area contributed by atoms with Crippen molar-refractivity contribution in [2.45, 2.75) is 0 Å². The molecule has 0 aliphatic rings. The Balaban J connectivity index is 1.96. The molecule has 0 aliphatic carbocycles. The van der Waals surface area contributed by atoms with Gasteiger partial charge in [0.1, 0.15) is 0 Å². The quantitative estimate of drug-likeness (QED) is 0.410. The summed E-state index contributed by atoms with van der Waals surface area (Å²) in [6, 6.07) is 17.4. The second kappa shape index (κ2) is 5.74. The van der Waals surface area contributed by atoms with E-state index in [1.165, 1.54) is 7.11 Å². The molecule has 24 heavy (non-hydrogen) atoms. The van der Waals surface area contributed by atoms with Crippen LogP contribution in [0.1, 0.15) is 10.4 Å². The van der Waals surface area contributed by atoms with Crippen LogP contribution in [-0.2, 0) is 4.74 Å². The minimum Gasteiger partial charge on any atom is -0.465 e. The maximum atomic E-state index is 11.6. The van der Waals surface area contributed by atoms with Gasteiger partial charge in [0, 0.05) is 23.2 Å². The molecule has 0 aliphatic heterocycles. The second-order valence-electron chi connectivity index (χ2n) is 5.47. The summed E-state index contributed by atoms with van der Waals surface area (Å²) in [6.45, 7) is 0. The van der Waals surface area contributed by atoms with Crippen LogP contribution in [0, 0.1) is 0 Å². The van der Waals surface area contributed by atoms with Crippen molar-refractivity contribution in [2.75, 3.05) is 7.11 Å². The lowest BCUT2D eigenvalue weighted by Gasteiger charge is -2.10. The minimum absolute atomic E-state index is 0.337. The zero-order valence-electron chi connectivity index (χ0n) is 13.1. The van der Waals surface area contributed by atoms with E-state index in [0.29, 0.717) is 5.56 Å². The maximum Gasteiger partial charge on any atom is 0.337 e. The van der Waals surface area contributed by atoms with Gasteiger partial charge in [-0.2, -0.15) is 0 Å². The average Bonchev–Trinajstić information content (AvgIpc) is 2.67. The van der Waals surface area contributed by atoms with Gasteiger partial charge in [0.05, 0.1) is 23.7 Å². The van der Waals surface area contributed by atoms with Crippen molar-refractivity contribution < 1.29 is 9.53 Å². The molecule has 0 unspecified atom stereocenters. The van der Waals surface area contributed by atoms with Crippen LogP contribution < -0.4 is 0 Å². The molecule has 0 atom stereocenters. The van der Waals surface area contributed by atoms with Crippen molar-refractivity contribution in [3.63, 3.8) is 0 Å². The first-order valence-corrected chi connectivity index (χ1v) is 7.59. The number of esters is 1. The molecular weight excluding hydrogens is 300 g/mol. The summed E-state index contributed by atoms with van der Waals surface area (Å²) in [6.07, 6.45) is 3.56. The molecule has 0 saturated carbocycles. The number of hydrogen-bond acceptors (Lipinski definition) is 4. The zero-order valence-corrected chi connectivity index (χ0v) is 13.1. The first-order chi connectivity index (χ1) is 11.8. The van der Waals surface area contributed by atoms with E-state index in [2.05, 4.69) is 16.0 Å². The van der Waals surface area contributed by atoms with Gasteiger partial charge in [-0.3, -0.25) is 9.97 Å². The molecule has 0 amide bonds. The van der Waals surface area contributed by atoms with E-state index in [0.717, 1.165) is 32.9 Å². The number of aromatic nitrogens is 2. The van der Waals surface area contributed by atoms with Gasteiger partial charge in [0.25, 0.3) is 0 Å². The molecule has 4 nitrogen and oxygen atoms in total. The van der Waals surface area contributed by atoms with Crippen molar-refractivity contribution in [1.29, 1.82) is 0 Å². The molecule has 2 aromatic heterocycles. The molecule has 0 fully saturated rings. The fourth-order valence-electron chi connectivity index (χ4n) is 2.92. The number of benzene rings is 2. The molecule has 4 rings (SSSR count). The lowest BCUT2D eigenvalue weighted by atomic mass is 9.97. The summed E-state index contributed by atoms with van der Waals surface area (Å²) in [7, 11) is 1.38. The molecule has 0 radical (unpaired) electrons. The number of nitrogens with zero attached hydrogens (tertiary/aromatic N) is 2. The summed E-state index contributed by atoms with van der Waals surface area (Å²) >= 11 is 0. The number of carbonyl (C=O) groups excluding carboxylic acids is 1. The van der Waals surface area contributed by atoms with E-state index >= 15 is 0 Å². The highest BCUT2D eigenvalue weighted by atomic mass is 16.5. The van der Waals surface area contributed by atoms with E-state index in [4.69, 9.17) is 4.74 Å². The maximum absolute atomic E-state index is 11.6. The number of hydrogen-bond donors (Lipinski definition) is 0. The van der Waals surface area contributed by atoms with Gasteiger partial charge in [-0.1, -0.05) is 24.3 Å². The van der Waals surface area contributed by atoms with E-state index in [1.54, 1.807) is 24.5 Å². The third-order valence-electron chi connectivity index (χ3n) is 4.08. The molecule has 0 saturated heterocycles. The fraction of sp³-hybridized carbons (Fsp3) is 0.0500. The van der Waals surface area contributed by atoms with Crippen LogP contribution in [0.2, 0.25) is 0 Å². The Morgan fingerprint density at radius 1 is 0.917 bits per heavy atom. The first kappa shape index (κ1) is 14.3. The van der Waals surface area contributed by atoms with Crippen LogP contribution in [0.3, 0.4) is 0 Å². The molecule has 2 aromatic carbocycles. The van der Waals surface area contributed by atoms with Crippen molar-refractivity contribution in [2.24, 2.45) is 0 Å². The van der Waals surface area contributed by atoms with Crippen LogP contribution in [-0.4, -0.2) is 23.0 Å². The smallest absolute Gasteiger partial charge is 0.337 e. The lowest BCUT2D eigenvalue weighted by Crippen LogP contribution is -2.00. The Morgan fingerprint density at radius 2 is 1.62 bits per heavy atom. The summed E-state index contributed by atoms with van der Waals surface area (Å²) < 4.78 is 4.75. The highest BCUT2D eigenvalue weighted by Gasteiger charge is 2.11. The van der Waals surface area contributed by atoms with Gasteiger partial charge in [0.2, 0.25) is 0 Å². The summed E-state index contributed by atoms with van der Waals surface area (Å²) in [5, 5.41) is 2.07. The molecule has 116 valence electrons. The van der Waals surface area contributed by atoms with Crippen molar-refractivity contribution >= 4 is 27.8 Å². The Bertz CT molecular complexity index is 1060. The Morgan fingerprint density at radius 3 is 2.38 bits per heavy atom. The van der Waals surface area contributed by atoms with Crippen molar-refractivity contribution in [3.05, 3.63) is 72.6 Å². The fourth-order valence-corrected chi connectivity index (χ4v) is 2.92. The number of ether oxygens (including phenoxy) is 1. The SMILES string of the molecule is COC(=O)c1ccc(-c2cc3cccnc3c3ncccc23)cc1. The van der Waals surface area contributed by atoms with E-state index in [-0.39, 0.29) is 5.97 Å². The Hall–Kier alpha value is -3.27. The van der Waals surface area contributed by atoms with Gasteiger partial charge in [-0.25, -0.2) is 4.79 Å². The van der Waals surface area contributed by atoms with Crippen molar-refractivity contribution in [3.8, 4) is 11.1 Å². The topological polar surface area (TPSA) is 52.1 Å². The minimum atomic E-state index is -0.337. The normalized spacial score (nSPS) is 10.9. The van der Waals surface area contributed by atoms with Gasteiger partial charge >= 0.3 is 5.97 Å². The third-order valence-corrected chi connectivity index (χ3v) is 4.08.